The van der Waals surface area contributed by atoms with E-state index in [0.717, 1.165) is 27.5 Å². The molecule has 154 valence electrons. The molecule has 0 radical (unpaired) electrons. The van der Waals surface area contributed by atoms with Gasteiger partial charge in [0.2, 0.25) is 0 Å². The summed E-state index contributed by atoms with van der Waals surface area (Å²) in [7, 11) is 0. The van der Waals surface area contributed by atoms with E-state index >= 15 is 0 Å². The number of hydrogen-bond donors (Lipinski definition) is 2. The van der Waals surface area contributed by atoms with Crippen LogP contribution >= 0.6 is 0 Å². The topological polar surface area (TPSA) is 84.3 Å². The van der Waals surface area contributed by atoms with E-state index in [9.17, 15) is 14.9 Å². The van der Waals surface area contributed by atoms with E-state index in [0.29, 0.717) is 5.69 Å². The number of amides is 2. The van der Waals surface area contributed by atoms with E-state index in [-0.39, 0.29) is 17.8 Å². The molecule has 0 heterocycles. The number of nitro groups is 1. The van der Waals surface area contributed by atoms with Gasteiger partial charge in [0.1, 0.15) is 0 Å². The molecule has 4 aromatic carbocycles. The molecule has 6 nitrogen and oxygen atoms in total. The van der Waals surface area contributed by atoms with Crippen molar-refractivity contribution in [2.75, 3.05) is 5.32 Å². The van der Waals surface area contributed by atoms with Crippen molar-refractivity contribution in [3.63, 3.8) is 0 Å². The molecule has 0 spiro atoms. The normalized spacial score (nSPS) is 11.6. The van der Waals surface area contributed by atoms with Gasteiger partial charge in [0.05, 0.1) is 11.0 Å². The molecule has 2 amide bonds. The number of urea groups is 1. The van der Waals surface area contributed by atoms with E-state index in [1.165, 1.54) is 12.1 Å². The molecule has 4 aromatic rings. The number of benzene rings is 4. The Hall–Kier alpha value is -4.19. The second kappa shape index (κ2) is 8.67. The monoisotopic (exact) mass is 411 g/mol. The van der Waals surface area contributed by atoms with Crippen LogP contribution in [0.5, 0.6) is 0 Å². The van der Waals surface area contributed by atoms with Crippen LogP contribution in [0.15, 0.2) is 91.0 Å². The van der Waals surface area contributed by atoms with Crippen LogP contribution in [0.4, 0.5) is 16.2 Å². The first-order valence-corrected chi connectivity index (χ1v) is 9.91. The molecular weight excluding hydrogens is 390 g/mol. The van der Waals surface area contributed by atoms with Crippen molar-refractivity contribution >= 4 is 28.2 Å². The smallest absolute Gasteiger partial charge is 0.319 e. The number of fused-ring (bicyclic) bond motifs is 1. The maximum Gasteiger partial charge on any atom is 0.319 e. The standard InChI is InChI=1S/C25H21N3O3/c1-17(23-8-4-6-20-5-2-3-7-24(20)23)26-25(29)27-21-13-9-18(10-14-21)19-11-15-22(16-12-19)28(30)31/h2-17H,1H3,(H2,26,27,29)/t17-/m1/s1. The number of nitro benzene ring substituents is 1. The average molecular weight is 411 g/mol. The summed E-state index contributed by atoms with van der Waals surface area (Å²) in [5.74, 6) is 0. The van der Waals surface area contributed by atoms with Crippen LogP contribution in [-0.2, 0) is 0 Å². The molecule has 1 atom stereocenters. The van der Waals surface area contributed by atoms with Gasteiger partial charge in [0.25, 0.3) is 5.69 Å². The highest BCUT2D eigenvalue weighted by Crippen LogP contribution is 2.25. The van der Waals surface area contributed by atoms with Gasteiger partial charge < -0.3 is 10.6 Å². The average Bonchev–Trinajstić information content (AvgIpc) is 2.79. The summed E-state index contributed by atoms with van der Waals surface area (Å²) in [6.45, 7) is 1.96. The molecule has 31 heavy (non-hydrogen) atoms. The maximum atomic E-state index is 12.5. The summed E-state index contributed by atoms with van der Waals surface area (Å²) >= 11 is 0. The highest BCUT2D eigenvalue weighted by atomic mass is 16.6. The van der Waals surface area contributed by atoms with Gasteiger partial charge in [-0.05, 0) is 58.7 Å². The Balaban J connectivity index is 1.42. The molecule has 0 saturated carbocycles. The summed E-state index contributed by atoms with van der Waals surface area (Å²) in [5, 5.41) is 18.9. The predicted octanol–water partition coefficient (Wildman–Crippen LogP) is 6.30. The molecule has 2 N–H and O–H groups in total. The van der Waals surface area contributed by atoms with Gasteiger partial charge in [0.15, 0.2) is 0 Å². The van der Waals surface area contributed by atoms with E-state index < -0.39 is 4.92 Å². The van der Waals surface area contributed by atoms with E-state index in [1.54, 1.807) is 24.3 Å². The minimum atomic E-state index is -0.422. The first-order chi connectivity index (χ1) is 15.0. The minimum Gasteiger partial charge on any atom is -0.331 e. The van der Waals surface area contributed by atoms with Crippen LogP contribution < -0.4 is 10.6 Å². The molecule has 0 bridgehead atoms. The van der Waals surface area contributed by atoms with Gasteiger partial charge in [-0.1, -0.05) is 54.6 Å². The summed E-state index contributed by atoms with van der Waals surface area (Å²) < 4.78 is 0. The Bertz CT molecular complexity index is 1230. The van der Waals surface area contributed by atoms with Gasteiger partial charge in [-0.3, -0.25) is 10.1 Å². The lowest BCUT2D eigenvalue weighted by Gasteiger charge is -2.17. The molecule has 0 saturated heterocycles. The van der Waals surface area contributed by atoms with E-state index in [1.807, 2.05) is 43.3 Å². The molecule has 0 aliphatic carbocycles. The summed E-state index contributed by atoms with van der Waals surface area (Å²) in [5.41, 5.74) is 3.55. The number of nitrogens with zero attached hydrogens (tertiary/aromatic N) is 1. The van der Waals surface area contributed by atoms with Crippen molar-refractivity contribution in [1.29, 1.82) is 0 Å². The number of rotatable bonds is 5. The summed E-state index contributed by atoms with van der Waals surface area (Å²) in [6.07, 6.45) is 0. The van der Waals surface area contributed by atoms with Crippen molar-refractivity contribution in [3.05, 3.63) is 107 Å². The quantitative estimate of drug-likeness (QED) is 0.299. The van der Waals surface area contributed by atoms with Crippen LogP contribution in [0.1, 0.15) is 18.5 Å². The summed E-state index contributed by atoms with van der Waals surface area (Å²) in [4.78, 5) is 22.9. The molecule has 6 heteroatoms. The first kappa shape index (κ1) is 20.1. The van der Waals surface area contributed by atoms with Crippen LogP contribution in [0, 0.1) is 10.1 Å². The maximum absolute atomic E-state index is 12.5. The number of hydrogen-bond acceptors (Lipinski definition) is 3. The number of carbonyl (C=O) groups is 1. The van der Waals surface area contributed by atoms with Gasteiger partial charge in [-0.15, -0.1) is 0 Å². The zero-order chi connectivity index (χ0) is 21.8. The molecule has 4 rings (SSSR count). The van der Waals surface area contributed by atoms with Crippen molar-refractivity contribution in [3.8, 4) is 11.1 Å². The Kier molecular flexibility index (Phi) is 5.62. The minimum absolute atomic E-state index is 0.0547. The van der Waals surface area contributed by atoms with Gasteiger partial charge in [-0.2, -0.15) is 0 Å². The number of non-ortho nitro benzene ring substituents is 1. The fraction of sp³-hybridized carbons (Fsp3) is 0.0800. The number of carbonyl (C=O) groups excluding carboxylic acids is 1. The van der Waals surface area contributed by atoms with Crippen LogP contribution in [-0.4, -0.2) is 11.0 Å². The molecule has 0 aliphatic heterocycles. The third-order valence-corrected chi connectivity index (χ3v) is 5.19. The molecule has 0 aliphatic rings. The molecule has 0 fully saturated rings. The highest BCUT2D eigenvalue weighted by molar-refractivity contribution is 5.91. The lowest BCUT2D eigenvalue weighted by Crippen LogP contribution is -2.31. The van der Waals surface area contributed by atoms with Gasteiger partial charge in [-0.25, -0.2) is 4.79 Å². The van der Waals surface area contributed by atoms with Crippen LogP contribution in [0.3, 0.4) is 0 Å². The van der Waals surface area contributed by atoms with E-state index in [2.05, 4.69) is 28.8 Å². The third kappa shape index (κ3) is 4.53. The highest BCUT2D eigenvalue weighted by Gasteiger charge is 2.12. The SMILES string of the molecule is C[C@@H](NC(=O)Nc1ccc(-c2ccc([N+](=O)[O-])cc2)cc1)c1cccc2ccccc12. The zero-order valence-corrected chi connectivity index (χ0v) is 16.9. The van der Waals surface area contributed by atoms with E-state index in [4.69, 9.17) is 0 Å². The lowest BCUT2D eigenvalue weighted by atomic mass is 10.00. The largest absolute Gasteiger partial charge is 0.331 e. The Morgan fingerprint density at radius 1 is 0.839 bits per heavy atom. The number of nitrogens with one attached hydrogen (secondary N) is 2. The van der Waals surface area contributed by atoms with Gasteiger partial charge in [0, 0.05) is 17.8 Å². The van der Waals surface area contributed by atoms with Crippen LogP contribution in [0.25, 0.3) is 21.9 Å². The Morgan fingerprint density at radius 3 is 2.13 bits per heavy atom. The first-order valence-electron chi connectivity index (χ1n) is 9.91. The van der Waals surface area contributed by atoms with Crippen molar-refractivity contribution in [2.45, 2.75) is 13.0 Å². The number of anilines is 1. The second-order valence-corrected chi connectivity index (χ2v) is 7.27. The summed E-state index contributed by atoms with van der Waals surface area (Å²) in [6, 6.07) is 27.4. The fourth-order valence-corrected chi connectivity index (χ4v) is 3.59. The molecule has 0 unspecified atom stereocenters. The Morgan fingerprint density at radius 2 is 1.45 bits per heavy atom. The van der Waals surface area contributed by atoms with Crippen molar-refractivity contribution in [1.82, 2.24) is 5.32 Å². The van der Waals surface area contributed by atoms with Gasteiger partial charge >= 0.3 is 6.03 Å². The lowest BCUT2D eigenvalue weighted by molar-refractivity contribution is -0.384. The van der Waals surface area contributed by atoms with Crippen molar-refractivity contribution in [2.24, 2.45) is 0 Å². The second-order valence-electron chi connectivity index (χ2n) is 7.27. The fourth-order valence-electron chi connectivity index (χ4n) is 3.59. The van der Waals surface area contributed by atoms with Crippen molar-refractivity contribution < 1.29 is 9.72 Å². The Labute approximate surface area is 179 Å². The molecule has 0 aromatic heterocycles. The van der Waals surface area contributed by atoms with Crippen LogP contribution in [0.2, 0.25) is 0 Å². The zero-order valence-electron chi connectivity index (χ0n) is 16.9. The predicted molar refractivity (Wildman–Crippen MR) is 123 cm³/mol. The third-order valence-electron chi connectivity index (χ3n) is 5.19. The molecular formula is C25H21N3O3.